The highest BCUT2D eigenvalue weighted by Gasteiger charge is 2.27. The summed E-state index contributed by atoms with van der Waals surface area (Å²) in [7, 11) is 4.08. The minimum atomic E-state index is -0.783. The average Bonchev–Trinajstić information content (AvgIpc) is 3.11. The van der Waals surface area contributed by atoms with Gasteiger partial charge < -0.3 is 15.0 Å². The number of halogens is 2. The minimum Gasteiger partial charge on any atom is -0.468 e. The molecule has 28 heavy (non-hydrogen) atoms. The molecule has 0 bridgehead atoms. The van der Waals surface area contributed by atoms with Gasteiger partial charge in [-0.3, -0.25) is 4.79 Å². The molecule has 2 unspecified atom stereocenters. The summed E-state index contributed by atoms with van der Waals surface area (Å²) >= 11 is 0. The second-order valence-corrected chi connectivity index (χ2v) is 7.48. The van der Waals surface area contributed by atoms with Crippen LogP contribution in [0.5, 0.6) is 5.75 Å². The van der Waals surface area contributed by atoms with E-state index in [0.717, 1.165) is 37.9 Å². The van der Waals surface area contributed by atoms with Crippen LogP contribution in [0.15, 0.2) is 30.5 Å². The molecule has 1 aliphatic carbocycles. The maximum Gasteiger partial charge on any atom is 0.272 e. The predicted octanol–water partition coefficient (Wildman–Crippen LogP) is 3.05. The van der Waals surface area contributed by atoms with Gasteiger partial charge in [0.05, 0.1) is 0 Å². The monoisotopic (exact) mass is 392 g/mol. The van der Waals surface area contributed by atoms with Gasteiger partial charge in [-0.15, -0.1) is 0 Å². The van der Waals surface area contributed by atoms with E-state index in [4.69, 9.17) is 4.74 Å². The highest BCUT2D eigenvalue weighted by molar-refractivity contribution is 5.92. The van der Waals surface area contributed by atoms with Crippen LogP contribution in [-0.2, 0) is 6.73 Å². The molecule has 1 heterocycles. The first-order valence-corrected chi connectivity index (χ1v) is 9.49. The zero-order valence-electron chi connectivity index (χ0n) is 16.2. The van der Waals surface area contributed by atoms with Gasteiger partial charge in [0.2, 0.25) is 0 Å². The van der Waals surface area contributed by atoms with Crippen molar-refractivity contribution in [2.45, 2.75) is 38.5 Å². The Morgan fingerprint density at radius 2 is 2.07 bits per heavy atom. The van der Waals surface area contributed by atoms with E-state index in [2.05, 4.69) is 15.3 Å². The summed E-state index contributed by atoms with van der Waals surface area (Å²) in [6, 6.07) is 4.83. The first kappa shape index (κ1) is 20.3. The van der Waals surface area contributed by atoms with Crippen LogP contribution in [0.4, 0.5) is 8.78 Å². The summed E-state index contributed by atoms with van der Waals surface area (Å²) in [5.74, 6) is -1.31. The van der Waals surface area contributed by atoms with Crippen molar-refractivity contribution in [2.75, 3.05) is 20.6 Å². The molecule has 0 spiro atoms. The number of hydrogen-bond acceptors (Lipinski definition) is 4. The fourth-order valence-corrected chi connectivity index (χ4v) is 3.61. The molecule has 0 radical (unpaired) electrons. The molecule has 152 valence electrons. The number of nitrogens with one attached hydrogen (secondary N) is 1. The van der Waals surface area contributed by atoms with E-state index in [1.807, 2.05) is 14.1 Å². The lowest BCUT2D eigenvalue weighted by atomic mass is 9.84. The van der Waals surface area contributed by atoms with Gasteiger partial charge in [-0.25, -0.2) is 13.5 Å². The highest BCUT2D eigenvalue weighted by atomic mass is 19.1. The molecule has 3 rings (SSSR count). The van der Waals surface area contributed by atoms with Gasteiger partial charge in [-0.2, -0.15) is 5.10 Å². The fraction of sp³-hybridized carbons (Fsp3) is 0.500. The highest BCUT2D eigenvalue weighted by Crippen LogP contribution is 2.25. The van der Waals surface area contributed by atoms with E-state index in [1.54, 1.807) is 12.3 Å². The van der Waals surface area contributed by atoms with Gasteiger partial charge in [0, 0.05) is 24.8 Å². The molecule has 1 N–H and O–H groups in total. The van der Waals surface area contributed by atoms with Crippen molar-refractivity contribution in [1.29, 1.82) is 0 Å². The molecule has 2 atom stereocenters. The van der Waals surface area contributed by atoms with Gasteiger partial charge in [0.1, 0.15) is 11.5 Å². The van der Waals surface area contributed by atoms with Crippen LogP contribution in [0, 0.1) is 17.6 Å². The number of carbonyl (C=O) groups is 1. The molecule has 0 saturated heterocycles. The Morgan fingerprint density at radius 1 is 1.29 bits per heavy atom. The number of rotatable bonds is 7. The maximum absolute atomic E-state index is 13.6. The lowest BCUT2D eigenvalue weighted by Gasteiger charge is -2.33. The van der Waals surface area contributed by atoms with Crippen molar-refractivity contribution >= 4 is 5.91 Å². The third kappa shape index (κ3) is 5.28. The van der Waals surface area contributed by atoms with Gasteiger partial charge >= 0.3 is 0 Å². The van der Waals surface area contributed by atoms with Gasteiger partial charge in [0.25, 0.3) is 5.91 Å². The number of aromatic nitrogens is 2. The molecular weight excluding hydrogens is 366 g/mol. The first-order chi connectivity index (χ1) is 13.4. The van der Waals surface area contributed by atoms with Crippen LogP contribution in [0.25, 0.3) is 0 Å². The fourth-order valence-electron chi connectivity index (χ4n) is 3.61. The van der Waals surface area contributed by atoms with E-state index < -0.39 is 11.6 Å². The number of carbonyl (C=O) groups excluding carboxylic acids is 1. The standard InChI is InChI=1S/C20H26F2N4O2/c1-25(2)12-14-5-3-4-6-17(14)23-20(27)18-9-10-26(24-18)13-28-19-8-7-15(21)11-16(19)22/h7-11,14,17H,3-6,12-13H2,1-2H3,(H,23,27). The number of nitrogens with zero attached hydrogens (tertiary/aromatic N) is 3. The predicted molar refractivity (Wildman–Crippen MR) is 101 cm³/mol. The Bertz CT molecular complexity index is 809. The van der Waals surface area contributed by atoms with Crippen LogP contribution in [-0.4, -0.2) is 47.3 Å². The van der Waals surface area contributed by atoms with Crippen molar-refractivity contribution in [3.63, 3.8) is 0 Å². The van der Waals surface area contributed by atoms with Crippen LogP contribution < -0.4 is 10.1 Å². The van der Waals surface area contributed by atoms with Gasteiger partial charge in [0.15, 0.2) is 18.3 Å². The molecule has 6 nitrogen and oxygen atoms in total. The molecule has 1 aromatic carbocycles. The van der Waals surface area contributed by atoms with Gasteiger partial charge in [-0.1, -0.05) is 12.8 Å². The molecule has 0 aliphatic heterocycles. The van der Waals surface area contributed by atoms with E-state index in [9.17, 15) is 13.6 Å². The third-order valence-corrected chi connectivity index (χ3v) is 4.94. The second-order valence-electron chi connectivity index (χ2n) is 7.48. The zero-order valence-corrected chi connectivity index (χ0v) is 16.2. The van der Waals surface area contributed by atoms with E-state index in [0.29, 0.717) is 5.92 Å². The van der Waals surface area contributed by atoms with Crippen molar-refractivity contribution in [3.8, 4) is 5.75 Å². The normalized spacial score (nSPS) is 19.6. The first-order valence-electron chi connectivity index (χ1n) is 9.49. The smallest absolute Gasteiger partial charge is 0.272 e. The van der Waals surface area contributed by atoms with E-state index in [-0.39, 0.29) is 30.1 Å². The summed E-state index contributed by atoms with van der Waals surface area (Å²) in [6.07, 6.45) is 5.97. The third-order valence-electron chi connectivity index (χ3n) is 4.94. The van der Waals surface area contributed by atoms with Crippen molar-refractivity contribution in [2.24, 2.45) is 5.92 Å². The zero-order chi connectivity index (χ0) is 20.1. The number of amides is 1. The number of ether oxygens (including phenoxy) is 1. The molecule has 8 heteroatoms. The molecule has 2 aromatic rings. The number of benzene rings is 1. The van der Waals surface area contributed by atoms with E-state index in [1.165, 1.54) is 17.2 Å². The summed E-state index contributed by atoms with van der Waals surface area (Å²) in [5.41, 5.74) is 0.289. The lowest BCUT2D eigenvalue weighted by molar-refractivity contribution is 0.0888. The molecule has 1 fully saturated rings. The quantitative estimate of drug-likeness (QED) is 0.787. The number of hydrogen-bond donors (Lipinski definition) is 1. The molecule has 1 amide bonds. The van der Waals surface area contributed by atoms with Crippen molar-refractivity contribution in [1.82, 2.24) is 20.0 Å². The topological polar surface area (TPSA) is 59.4 Å². The minimum absolute atomic E-state index is 0.0726. The van der Waals surface area contributed by atoms with Crippen LogP contribution in [0.2, 0.25) is 0 Å². The SMILES string of the molecule is CN(C)CC1CCCCC1NC(=O)c1ccn(COc2ccc(F)cc2F)n1. The van der Waals surface area contributed by atoms with Crippen molar-refractivity contribution in [3.05, 3.63) is 47.8 Å². The Morgan fingerprint density at radius 3 is 2.82 bits per heavy atom. The second kappa shape index (κ2) is 9.14. The Kier molecular flexibility index (Phi) is 6.61. The van der Waals surface area contributed by atoms with Gasteiger partial charge in [-0.05, 0) is 51.1 Å². The summed E-state index contributed by atoms with van der Waals surface area (Å²) in [5, 5.41) is 7.31. The molecule has 1 saturated carbocycles. The van der Waals surface area contributed by atoms with Crippen LogP contribution in [0.3, 0.4) is 0 Å². The summed E-state index contributed by atoms with van der Waals surface area (Å²) < 4.78 is 33.2. The van der Waals surface area contributed by atoms with Crippen molar-refractivity contribution < 1.29 is 18.3 Å². The lowest BCUT2D eigenvalue weighted by Crippen LogP contribution is -2.45. The maximum atomic E-state index is 13.6. The van der Waals surface area contributed by atoms with E-state index >= 15 is 0 Å². The largest absolute Gasteiger partial charge is 0.468 e. The molecule has 1 aliphatic rings. The summed E-state index contributed by atoms with van der Waals surface area (Å²) in [4.78, 5) is 14.7. The average molecular weight is 392 g/mol. The Balaban J connectivity index is 1.57. The molecule has 1 aromatic heterocycles. The summed E-state index contributed by atoms with van der Waals surface area (Å²) in [6.45, 7) is 0.860. The van der Waals surface area contributed by atoms with Crippen LogP contribution >= 0.6 is 0 Å². The Labute approximate surface area is 163 Å². The van der Waals surface area contributed by atoms with Crippen LogP contribution in [0.1, 0.15) is 36.2 Å². The molecular formula is C20H26F2N4O2. The Hall–Kier alpha value is -2.48.